The summed E-state index contributed by atoms with van der Waals surface area (Å²) >= 11 is 1.58. The molecular formula is C12H19NOS. The lowest BCUT2D eigenvalue weighted by Crippen LogP contribution is -2.33. The highest BCUT2D eigenvalue weighted by molar-refractivity contribution is 7.13. The maximum absolute atomic E-state index is 12.1. The molecule has 0 fully saturated rings. The van der Waals surface area contributed by atoms with Crippen LogP contribution in [-0.2, 0) is 0 Å². The second kappa shape index (κ2) is 5.31. The largest absolute Gasteiger partial charge is 0.338 e. The molecule has 84 valence electrons. The fourth-order valence-corrected chi connectivity index (χ4v) is 2.34. The van der Waals surface area contributed by atoms with Crippen LogP contribution in [0.15, 0.2) is 12.1 Å². The Kier molecular flexibility index (Phi) is 4.33. The van der Waals surface area contributed by atoms with Gasteiger partial charge < -0.3 is 4.90 Å². The molecule has 1 heterocycles. The minimum Gasteiger partial charge on any atom is -0.338 e. The van der Waals surface area contributed by atoms with E-state index in [4.69, 9.17) is 0 Å². The number of aryl methyl sites for hydroxylation is 1. The highest BCUT2D eigenvalue weighted by atomic mass is 32.1. The van der Waals surface area contributed by atoms with Crippen LogP contribution in [0, 0.1) is 12.8 Å². The van der Waals surface area contributed by atoms with Crippen LogP contribution >= 0.6 is 11.3 Å². The lowest BCUT2D eigenvalue weighted by atomic mass is 10.2. The summed E-state index contributed by atoms with van der Waals surface area (Å²) in [6.07, 6.45) is 0. The Morgan fingerprint density at radius 2 is 2.13 bits per heavy atom. The van der Waals surface area contributed by atoms with Gasteiger partial charge in [-0.05, 0) is 31.9 Å². The number of amides is 1. The van der Waals surface area contributed by atoms with E-state index in [1.165, 1.54) is 4.88 Å². The highest BCUT2D eigenvalue weighted by Gasteiger charge is 2.16. The number of nitrogens with zero attached hydrogens (tertiary/aromatic N) is 1. The van der Waals surface area contributed by atoms with E-state index in [-0.39, 0.29) is 5.91 Å². The molecule has 0 N–H and O–H groups in total. The molecule has 15 heavy (non-hydrogen) atoms. The zero-order valence-corrected chi connectivity index (χ0v) is 10.7. The van der Waals surface area contributed by atoms with Crippen molar-refractivity contribution in [1.29, 1.82) is 0 Å². The van der Waals surface area contributed by atoms with E-state index in [2.05, 4.69) is 13.8 Å². The summed E-state index contributed by atoms with van der Waals surface area (Å²) in [6.45, 7) is 9.95. The van der Waals surface area contributed by atoms with E-state index < -0.39 is 0 Å². The fraction of sp³-hybridized carbons (Fsp3) is 0.583. The summed E-state index contributed by atoms with van der Waals surface area (Å²) < 4.78 is 0. The molecule has 0 spiro atoms. The summed E-state index contributed by atoms with van der Waals surface area (Å²) in [4.78, 5) is 16.0. The van der Waals surface area contributed by atoms with Gasteiger partial charge in [0.15, 0.2) is 0 Å². The topological polar surface area (TPSA) is 20.3 Å². The molecule has 0 aliphatic rings. The van der Waals surface area contributed by atoms with E-state index in [0.717, 1.165) is 18.0 Å². The first-order chi connectivity index (χ1) is 7.04. The summed E-state index contributed by atoms with van der Waals surface area (Å²) in [6, 6.07) is 3.92. The molecule has 1 aromatic rings. The molecule has 0 saturated carbocycles. The molecule has 1 amide bonds. The van der Waals surface area contributed by atoms with Gasteiger partial charge in [-0.25, -0.2) is 0 Å². The first-order valence-electron chi connectivity index (χ1n) is 5.40. The second-order valence-corrected chi connectivity index (χ2v) is 5.44. The molecule has 0 aromatic carbocycles. The number of hydrogen-bond donors (Lipinski definition) is 0. The summed E-state index contributed by atoms with van der Waals surface area (Å²) in [5, 5.41) is 0. The van der Waals surface area contributed by atoms with Gasteiger partial charge in [0.2, 0.25) is 0 Å². The molecule has 0 saturated heterocycles. The summed E-state index contributed by atoms with van der Waals surface area (Å²) in [5.74, 6) is 0.694. The van der Waals surface area contributed by atoms with E-state index >= 15 is 0 Å². The number of thiophene rings is 1. The van der Waals surface area contributed by atoms with Crippen LogP contribution in [0.2, 0.25) is 0 Å². The van der Waals surface area contributed by atoms with Gasteiger partial charge in [-0.1, -0.05) is 13.8 Å². The van der Waals surface area contributed by atoms with Gasteiger partial charge in [0.05, 0.1) is 4.88 Å². The van der Waals surface area contributed by atoms with Gasteiger partial charge in [0, 0.05) is 18.0 Å². The predicted octanol–water partition coefficient (Wildman–Crippen LogP) is 3.17. The molecule has 2 nitrogen and oxygen atoms in total. The maximum atomic E-state index is 12.1. The number of rotatable bonds is 4. The van der Waals surface area contributed by atoms with Crippen LogP contribution in [0.3, 0.4) is 0 Å². The first kappa shape index (κ1) is 12.2. The normalized spacial score (nSPS) is 10.7. The van der Waals surface area contributed by atoms with E-state index in [1.54, 1.807) is 11.3 Å². The van der Waals surface area contributed by atoms with E-state index in [9.17, 15) is 4.79 Å². The molecule has 0 aliphatic carbocycles. The molecule has 0 radical (unpaired) electrons. The van der Waals surface area contributed by atoms with Gasteiger partial charge in [0.1, 0.15) is 0 Å². The van der Waals surface area contributed by atoms with Crippen LogP contribution in [-0.4, -0.2) is 23.9 Å². The lowest BCUT2D eigenvalue weighted by Gasteiger charge is -2.22. The third-order valence-electron chi connectivity index (χ3n) is 2.21. The molecule has 3 heteroatoms. The van der Waals surface area contributed by atoms with Gasteiger partial charge in [0.25, 0.3) is 5.91 Å². The van der Waals surface area contributed by atoms with Crippen LogP contribution in [0.5, 0.6) is 0 Å². The highest BCUT2D eigenvalue weighted by Crippen LogP contribution is 2.17. The van der Waals surface area contributed by atoms with Crippen molar-refractivity contribution in [1.82, 2.24) is 4.90 Å². The maximum Gasteiger partial charge on any atom is 0.263 e. The Bertz CT molecular complexity index is 330. The predicted molar refractivity (Wildman–Crippen MR) is 65.5 cm³/mol. The van der Waals surface area contributed by atoms with Crippen molar-refractivity contribution in [3.05, 3.63) is 21.9 Å². The number of hydrogen-bond acceptors (Lipinski definition) is 2. The Morgan fingerprint density at radius 3 is 2.53 bits per heavy atom. The molecule has 0 bridgehead atoms. The summed E-state index contributed by atoms with van der Waals surface area (Å²) in [5.41, 5.74) is 0. The van der Waals surface area contributed by atoms with Crippen molar-refractivity contribution >= 4 is 17.2 Å². The minimum absolute atomic E-state index is 0.171. The van der Waals surface area contributed by atoms with Crippen molar-refractivity contribution in [3.63, 3.8) is 0 Å². The van der Waals surface area contributed by atoms with Crippen LogP contribution < -0.4 is 0 Å². The zero-order valence-electron chi connectivity index (χ0n) is 9.91. The van der Waals surface area contributed by atoms with Gasteiger partial charge in [-0.2, -0.15) is 0 Å². The van der Waals surface area contributed by atoms with Crippen LogP contribution in [0.25, 0.3) is 0 Å². The SMILES string of the molecule is CCN(CC(C)C)C(=O)c1ccc(C)s1. The quantitative estimate of drug-likeness (QED) is 0.770. The van der Waals surface area contributed by atoms with Gasteiger partial charge >= 0.3 is 0 Å². The second-order valence-electron chi connectivity index (χ2n) is 4.15. The van der Waals surface area contributed by atoms with Gasteiger partial charge in [-0.3, -0.25) is 4.79 Å². The Labute approximate surface area is 95.9 Å². The Morgan fingerprint density at radius 1 is 1.47 bits per heavy atom. The summed E-state index contributed by atoms with van der Waals surface area (Å²) in [7, 11) is 0. The molecule has 1 rings (SSSR count). The molecule has 0 atom stereocenters. The van der Waals surface area contributed by atoms with E-state index in [0.29, 0.717) is 5.92 Å². The molecule has 0 unspecified atom stereocenters. The van der Waals surface area contributed by atoms with E-state index in [1.807, 2.05) is 30.9 Å². The zero-order chi connectivity index (χ0) is 11.4. The van der Waals surface area contributed by atoms with Crippen molar-refractivity contribution in [2.45, 2.75) is 27.7 Å². The van der Waals surface area contributed by atoms with Crippen LogP contribution in [0.1, 0.15) is 35.3 Å². The molecule has 0 aliphatic heterocycles. The molecular weight excluding hydrogens is 206 g/mol. The van der Waals surface area contributed by atoms with Gasteiger partial charge in [-0.15, -0.1) is 11.3 Å². The third-order valence-corrected chi connectivity index (χ3v) is 3.19. The van der Waals surface area contributed by atoms with Crippen molar-refractivity contribution in [2.24, 2.45) is 5.92 Å². The number of carbonyl (C=O) groups excluding carboxylic acids is 1. The Hall–Kier alpha value is -0.830. The van der Waals surface area contributed by atoms with Crippen molar-refractivity contribution < 1.29 is 4.79 Å². The lowest BCUT2D eigenvalue weighted by molar-refractivity contribution is 0.0750. The third kappa shape index (κ3) is 3.34. The standard InChI is InChI=1S/C12H19NOS/c1-5-13(8-9(2)3)12(14)11-7-6-10(4)15-11/h6-7,9H,5,8H2,1-4H3. The average molecular weight is 225 g/mol. The minimum atomic E-state index is 0.171. The molecule has 1 aromatic heterocycles. The average Bonchev–Trinajstić information content (AvgIpc) is 2.60. The number of carbonyl (C=O) groups is 1. The van der Waals surface area contributed by atoms with Crippen LogP contribution in [0.4, 0.5) is 0 Å². The van der Waals surface area contributed by atoms with Crippen molar-refractivity contribution in [2.75, 3.05) is 13.1 Å². The van der Waals surface area contributed by atoms with Crippen molar-refractivity contribution in [3.8, 4) is 0 Å². The smallest absolute Gasteiger partial charge is 0.263 e. The Balaban J connectivity index is 2.73. The fourth-order valence-electron chi connectivity index (χ4n) is 1.50. The monoisotopic (exact) mass is 225 g/mol. The first-order valence-corrected chi connectivity index (χ1v) is 6.22.